The Labute approximate surface area is 145 Å². The Hall–Kier alpha value is -1.39. The van der Waals surface area contributed by atoms with Crippen LogP contribution in [0.15, 0.2) is 24.3 Å². The summed E-state index contributed by atoms with van der Waals surface area (Å²) < 4.78 is 0. The molecule has 2 N–H and O–H groups in total. The molecule has 1 aliphatic heterocycles. The Bertz CT molecular complexity index is 561. The molecule has 0 saturated carbocycles. The van der Waals surface area contributed by atoms with Crippen molar-refractivity contribution in [3.63, 3.8) is 0 Å². The summed E-state index contributed by atoms with van der Waals surface area (Å²) in [5.41, 5.74) is 1.59. The van der Waals surface area contributed by atoms with Crippen LogP contribution in [0.5, 0.6) is 0 Å². The third kappa shape index (κ3) is 3.98. The number of nitrogens with zero attached hydrogens (tertiary/aromatic N) is 1. The van der Waals surface area contributed by atoms with Crippen molar-refractivity contribution in [2.45, 2.75) is 65.0 Å². The van der Waals surface area contributed by atoms with Crippen LogP contribution in [0.2, 0.25) is 0 Å². The third-order valence-electron chi connectivity index (χ3n) is 5.21. The van der Waals surface area contributed by atoms with Gasteiger partial charge < -0.3 is 10.2 Å². The van der Waals surface area contributed by atoms with E-state index in [2.05, 4.69) is 49.9 Å². The van der Waals surface area contributed by atoms with Gasteiger partial charge in [0.15, 0.2) is 0 Å². The zero-order chi connectivity index (χ0) is 18.0. The third-order valence-corrected chi connectivity index (χ3v) is 5.21. The molecule has 1 aromatic carbocycles. The second kappa shape index (κ2) is 7.24. The van der Waals surface area contributed by atoms with Gasteiger partial charge in [-0.15, -0.1) is 0 Å². The van der Waals surface area contributed by atoms with Crippen LogP contribution in [0.25, 0.3) is 0 Å². The van der Waals surface area contributed by atoms with Crippen LogP contribution in [0.1, 0.15) is 58.1 Å². The van der Waals surface area contributed by atoms with Crippen molar-refractivity contribution in [3.8, 4) is 0 Å². The second-order valence-electron chi connectivity index (χ2n) is 8.17. The highest BCUT2D eigenvalue weighted by atomic mass is 16.4. The maximum atomic E-state index is 11.8. The first kappa shape index (κ1) is 18.9. The van der Waals surface area contributed by atoms with E-state index in [4.69, 9.17) is 0 Å². The van der Waals surface area contributed by atoms with Crippen molar-refractivity contribution in [1.82, 2.24) is 4.90 Å². The van der Waals surface area contributed by atoms with E-state index in [9.17, 15) is 15.0 Å². The molecule has 1 saturated heterocycles. The molecule has 4 heteroatoms. The monoisotopic (exact) mass is 333 g/mol. The molecule has 0 unspecified atom stereocenters. The van der Waals surface area contributed by atoms with Gasteiger partial charge in [0.2, 0.25) is 0 Å². The topological polar surface area (TPSA) is 60.8 Å². The molecule has 2 atom stereocenters. The van der Waals surface area contributed by atoms with E-state index >= 15 is 0 Å². The van der Waals surface area contributed by atoms with Gasteiger partial charge in [0.1, 0.15) is 5.41 Å². The highest BCUT2D eigenvalue weighted by Gasteiger charge is 2.48. The molecule has 0 bridgehead atoms. The highest BCUT2D eigenvalue weighted by molar-refractivity contribution is 5.76. The van der Waals surface area contributed by atoms with Gasteiger partial charge in [-0.2, -0.15) is 0 Å². The average molecular weight is 333 g/mol. The molecule has 24 heavy (non-hydrogen) atoms. The first-order chi connectivity index (χ1) is 11.2. The number of aliphatic hydroxyl groups is 1. The van der Waals surface area contributed by atoms with Crippen molar-refractivity contribution in [2.24, 2.45) is 5.41 Å². The number of carbonyl (C=O) groups is 1. The van der Waals surface area contributed by atoms with Gasteiger partial charge in [0.05, 0.1) is 6.10 Å². The number of likely N-dealkylation sites (tertiary alicyclic amines) is 1. The Morgan fingerprint density at radius 2 is 1.92 bits per heavy atom. The lowest BCUT2D eigenvalue weighted by Gasteiger charge is -2.43. The summed E-state index contributed by atoms with van der Waals surface area (Å²) in [6, 6.07) is 8.58. The van der Waals surface area contributed by atoms with Crippen LogP contribution in [0, 0.1) is 5.41 Å². The maximum absolute atomic E-state index is 11.8. The number of aliphatic carboxylic acids is 1. The summed E-state index contributed by atoms with van der Waals surface area (Å²) in [5, 5.41) is 20.0. The van der Waals surface area contributed by atoms with Crippen LogP contribution in [0.4, 0.5) is 0 Å². The Morgan fingerprint density at radius 1 is 1.29 bits per heavy atom. The van der Waals surface area contributed by atoms with Crippen molar-refractivity contribution >= 4 is 5.97 Å². The van der Waals surface area contributed by atoms with Crippen LogP contribution in [0.3, 0.4) is 0 Å². The number of rotatable bonds is 5. The molecule has 0 radical (unpaired) electrons. The number of carboxylic acids is 1. The Morgan fingerprint density at radius 3 is 2.42 bits per heavy atom. The number of aliphatic hydroxyl groups excluding tert-OH is 1. The molecule has 0 spiro atoms. The lowest BCUT2D eigenvalue weighted by Crippen LogP contribution is -2.55. The summed E-state index contributed by atoms with van der Waals surface area (Å²) in [4.78, 5) is 14.0. The fourth-order valence-electron chi connectivity index (χ4n) is 3.68. The fourth-order valence-corrected chi connectivity index (χ4v) is 3.68. The van der Waals surface area contributed by atoms with Crippen molar-refractivity contribution < 1.29 is 15.0 Å². The number of piperidine rings is 1. The highest BCUT2D eigenvalue weighted by Crippen LogP contribution is 2.36. The first-order valence-corrected chi connectivity index (χ1v) is 8.92. The molecule has 1 aromatic rings. The van der Waals surface area contributed by atoms with E-state index in [1.165, 1.54) is 11.1 Å². The van der Waals surface area contributed by atoms with E-state index in [0.717, 1.165) is 19.5 Å². The number of hydrogen-bond acceptors (Lipinski definition) is 3. The van der Waals surface area contributed by atoms with Gasteiger partial charge >= 0.3 is 5.97 Å². The minimum absolute atomic E-state index is 0.132. The number of hydrogen-bond donors (Lipinski definition) is 2. The lowest BCUT2D eigenvalue weighted by molar-refractivity contribution is -0.164. The molecule has 134 valence electrons. The quantitative estimate of drug-likeness (QED) is 0.867. The normalized spacial score (nSPS) is 25.6. The van der Waals surface area contributed by atoms with E-state index in [0.29, 0.717) is 19.4 Å². The molecular formula is C20H31NO3. The summed E-state index contributed by atoms with van der Waals surface area (Å²) in [6.07, 6.45) is 1.04. The zero-order valence-corrected chi connectivity index (χ0v) is 15.4. The maximum Gasteiger partial charge on any atom is 0.313 e. The van der Waals surface area contributed by atoms with Gasteiger partial charge in [-0.25, -0.2) is 0 Å². The predicted molar refractivity (Wildman–Crippen MR) is 96.0 cm³/mol. The molecule has 1 aliphatic rings. The summed E-state index contributed by atoms with van der Waals surface area (Å²) in [5.74, 6) is -0.871. The van der Waals surface area contributed by atoms with Gasteiger partial charge in [-0.1, -0.05) is 58.4 Å². The van der Waals surface area contributed by atoms with Gasteiger partial charge in [0.25, 0.3) is 0 Å². The molecule has 1 fully saturated rings. The van der Waals surface area contributed by atoms with Gasteiger partial charge in [-0.3, -0.25) is 9.69 Å². The van der Waals surface area contributed by atoms with Crippen molar-refractivity contribution in [3.05, 3.63) is 35.4 Å². The zero-order valence-electron chi connectivity index (χ0n) is 15.4. The predicted octanol–water partition coefficient (Wildman–Crippen LogP) is 3.42. The van der Waals surface area contributed by atoms with E-state index in [1.807, 2.05) is 6.92 Å². The van der Waals surface area contributed by atoms with Gasteiger partial charge in [0, 0.05) is 19.6 Å². The fraction of sp³-hybridized carbons (Fsp3) is 0.650. The molecule has 4 nitrogen and oxygen atoms in total. The molecule has 0 amide bonds. The Kier molecular flexibility index (Phi) is 5.71. The van der Waals surface area contributed by atoms with Crippen LogP contribution in [-0.4, -0.2) is 40.3 Å². The lowest BCUT2D eigenvalue weighted by atomic mass is 9.74. The molecular weight excluding hydrogens is 302 g/mol. The SMILES string of the molecule is CCC[C@@]1(C(=O)O)CN(Cc2ccc(C(C)(C)C)cc2)CC[C@@H]1O. The van der Waals surface area contributed by atoms with Gasteiger partial charge in [-0.05, 0) is 29.4 Å². The smallest absolute Gasteiger partial charge is 0.313 e. The number of carboxylic acid groups (broad SMARTS) is 1. The molecule has 0 aliphatic carbocycles. The van der Waals surface area contributed by atoms with E-state index < -0.39 is 17.5 Å². The summed E-state index contributed by atoms with van der Waals surface area (Å²) in [6.45, 7) is 10.4. The number of benzene rings is 1. The van der Waals surface area contributed by atoms with Crippen molar-refractivity contribution in [1.29, 1.82) is 0 Å². The van der Waals surface area contributed by atoms with Crippen LogP contribution < -0.4 is 0 Å². The largest absolute Gasteiger partial charge is 0.481 e. The van der Waals surface area contributed by atoms with Crippen LogP contribution >= 0.6 is 0 Å². The van der Waals surface area contributed by atoms with Crippen molar-refractivity contribution in [2.75, 3.05) is 13.1 Å². The Balaban J connectivity index is 2.11. The standard InChI is InChI=1S/C20H31NO3/c1-5-11-20(18(23)24)14-21(12-10-17(20)22)13-15-6-8-16(9-7-15)19(2,3)4/h6-9,17,22H,5,10-14H2,1-4H3,(H,23,24)/t17-,20+/m0/s1. The molecule has 2 rings (SSSR count). The minimum Gasteiger partial charge on any atom is -0.481 e. The first-order valence-electron chi connectivity index (χ1n) is 8.92. The summed E-state index contributed by atoms with van der Waals surface area (Å²) in [7, 11) is 0. The molecule has 0 aromatic heterocycles. The summed E-state index contributed by atoms with van der Waals surface area (Å²) >= 11 is 0. The molecule has 1 heterocycles. The van der Waals surface area contributed by atoms with E-state index in [-0.39, 0.29) is 5.41 Å². The van der Waals surface area contributed by atoms with Crippen LogP contribution in [-0.2, 0) is 16.8 Å². The minimum atomic E-state index is -1.03. The second-order valence-corrected chi connectivity index (χ2v) is 8.17. The average Bonchev–Trinajstić information content (AvgIpc) is 2.50. The van der Waals surface area contributed by atoms with E-state index in [1.54, 1.807) is 0 Å².